The largest absolute Gasteiger partial charge is 0.271 e. The van der Waals surface area contributed by atoms with Gasteiger partial charge in [-0.25, -0.2) is 4.98 Å². The maximum absolute atomic E-state index is 5.14. The molecule has 0 bridgehead atoms. The number of nitrogens with zero attached hydrogens (tertiary/aromatic N) is 1. The molecule has 0 aromatic carbocycles. The number of rotatable bonds is 2. The SMILES string of the molecule is Cc1nc(CNN)sc1C. The number of hydrazine groups is 1. The molecule has 0 fully saturated rings. The highest BCUT2D eigenvalue weighted by Gasteiger charge is 2.00. The van der Waals surface area contributed by atoms with E-state index in [1.54, 1.807) is 11.3 Å². The van der Waals surface area contributed by atoms with Crippen molar-refractivity contribution in [2.75, 3.05) is 0 Å². The van der Waals surface area contributed by atoms with Gasteiger partial charge in [-0.1, -0.05) is 0 Å². The third-order valence-corrected chi connectivity index (χ3v) is 2.40. The summed E-state index contributed by atoms with van der Waals surface area (Å²) in [6.07, 6.45) is 0. The second kappa shape index (κ2) is 3.09. The molecule has 0 unspecified atom stereocenters. The molecular weight excluding hydrogens is 146 g/mol. The van der Waals surface area contributed by atoms with Gasteiger partial charge < -0.3 is 0 Å². The fourth-order valence-electron chi connectivity index (χ4n) is 0.702. The van der Waals surface area contributed by atoms with Gasteiger partial charge in [-0.2, -0.15) is 0 Å². The maximum Gasteiger partial charge on any atom is 0.108 e. The summed E-state index contributed by atoms with van der Waals surface area (Å²) in [5, 5.41) is 1.05. The summed E-state index contributed by atoms with van der Waals surface area (Å²) in [6, 6.07) is 0. The van der Waals surface area contributed by atoms with Crippen molar-refractivity contribution < 1.29 is 0 Å². The van der Waals surface area contributed by atoms with Crippen LogP contribution in [-0.4, -0.2) is 4.98 Å². The number of aromatic nitrogens is 1. The van der Waals surface area contributed by atoms with Crippen LogP contribution in [0.4, 0.5) is 0 Å². The Morgan fingerprint density at radius 2 is 2.30 bits per heavy atom. The Morgan fingerprint density at radius 1 is 1.60 bits per heavy atom. The van der Waals surface area contributed by atoms with Crippen LogP contribution in [0, 0.1) is 13.8 Å². The Bertz CT molecular complexity index is 199. The van der Waals surface area contributed by atoms with E-state index < -0.39 is 0 Å². The predicted molar refractivity (Wildman–Crippen MR) is 42.6 cm³/mol. The molecule has 1 heterocycles. The van der Waals surface area contributed by atoms with E-state index in [1.165, 1.54) is 4.88 Å². The van der Waals surface area contributed by atoms with Gasteiger partial charge in [-0.05, 0) is 13.8 Å². The van der Waals surface area contributed by atoms with Crippen LogP contribution < -0.4 is 11.3 Å². The lowest BCUT2D eigenvalue weighted by Gasteiger charge is -1.89. The van der Waals surface area contributed by atoms with Crippen LogP contribution in [0.25, 0.3) is 0 Å². The van der Waals surface area contributed by atoms with E-state index in [2.05, 4.69) is 17.3 Å². The van der Waals surface area contributed by atoms with Gasteiger partial charge in [0.15, 0.2) is 0 Å². The molecule has 0 aliphatic carbocycles. The Hall–Kier alpha value is -0.450. The predicted octanol–water partition coefficient (Wildman–Crippen LogP) is 0.723. The monoisotopic (exact) mass is 157 g/mol. The summed E-state index contributed by atoms with van der Waals surface area (Å²) < 4.78 is 0. The molecule has 1 aromatic heterocycles. The number of aryl methyl sites for hydroxylation is 2. The van der Waals surface area contributed by atoms with E-state index in [4.69, 9.17) is 5.84 Å². The number of nitrogens with two attached hydrogens (primary N) is 1. The zero-order valence-corrected chi connectivity index (χ0v) is 6.96. The van der Waals surface area contributed by atoms with Gasteiger partial charge in [0.2, 0.25) is 0 Å². The number of hydrogen-bond acceptors (Lipinski definition) is 4. The molecule has 56 valence electrons. The number of hydrogen-bond donors (Lipinski definition) is 2. The van der Waals surface area contributed by atoms with Crippen molar-refractivity contribution in [3.63, 3.8) is 0 Å². The second-order valence-corrected chi connectivity index (χ2v) is 3.42. The average molecular weight is 157 g/mol. The molecule has 3 N–H and O–H groups in total. The summed E-state index contributed by atoms with van der Waals surface area (Å²) in [5.41, 5.74) is 3.68. The normalized spacial score (nSPS) is 10.3. The highest BCUT2D eigenvalue weighted by atomic mass is 32.1. The zero-order valence-electron chi connectivity index (χ0n) is 6.14. The lowest BCUT2D eigenvalue weighted by molar-refractivity contribution is 0.735. The number of thiazole rings is 1. The molecule has 0 aliphatic rings. The summed E-state index contributed by atoms with van der Waals surface area (Å²) in [5.74, 6) is 5.14. The zero-order chi connectivity index (χ0) is 7.56. The van der Waals surface area contributed by atoms with E-state index >= 15 is 0 Å². The van der Waals surface area contributed by atoms with Gasteiger partial charge in [0.1, 0.15) is 5.01 Å². The molecule has 0 saturated carbocycles. The van der Waals surface area contributed by atoms with Crippen LogP contribution in [0.3, 0.4) is 0 Å². The maximum atomic E-state index is 5.14. The second-order valence-electron chi connectivity index (χ2n) is 2.13. The van der Waals surface area contributed by atoms with E-state index in [-0.39, 0.29) is 0 Å². The molecule has 0 aliphatic heterocycles. The lowest BCUT2D eigenvalue weighted by Crippen LogP contribution is -2.20. The van der Waals surface area contributed by atoms with Crippen LogP contribution in [0.15, 0.2) is 0 Å². The van der Waals surface area contributed by atoms with E-state index in [9.17, 15) is 0 Å². The van der Waals surface area contributed by atoms with Crippen LogP contribution in [-0.2, 0) is 6.54 Å². The molecule has 1 rings (SSSR count). The highest BCUT2D eigenvalue weighted by molar-refractivity contribution is 7.11. The van der Waals surface area contributed by atoms with E-state index in [1.807, 2.05) is 6.92 Å². The molecule has 0 radical (unpaired) electrons. The van der Waals surface area contributed by atoms with Crippen LogP contribution in [0.1, 0.15) is 15.6 Å². The summed E-state index contributed by atoms with van der Waals surface area (Å²) >= 11 is 1.69. The average Bonchev–Trinajstić information content (AvgIpc) is 2.14. The van der Waals surface area contributed by atoms with Gasteiger partial charge in [0.05, 0.1) is 12.2 Å². The molecule has 0 spiro atoms. The minimum absolute atomic E-state index is 0.666. The van der Waals surface area contributed by atoms with Crippen molar-refractivity contribution in [1.29, 1.82) is 0 Å². The van der Waals surface area contributed by atoms with Gasteiger partial charge in [-0.15, -0.1) is 11.3 Å². The standard InChI is InChI=1S/C6H11N3S/c1-4-5(2)10-6(9-4)3-8-7/h8H,3,7H2,1-2H3. The van der Waals surface area contributed by atoms with Gasteiger partial charge in [0, 0.05) is 4.88 Å². The Labute approximate surface area is 64.2 Å². The van der Waals surface area contributed by atoms with Crippen LogP contribution >= 0.6 is 11.3 Å². The quantitative estimate of drug-likeness (QED) is 0.491. The minimum Gasteiger partial charge on any atom is -0.271 e. The number of nitrogens with one attached hydrogen (secondary N) is 1. The van der Waals surface area contributed by atoms with Crippen molar-refractivity contribution in [2.45, 2.75) is 20.4 Å². The van der Waals surface area contributed by atoms with Crippen LogP contribution in [0.2, 0.25) is 0 Å². The van der Waals surface area contributed by atoms with E-state index in [0.717, 1.165) is 10.7 Å². The third-order valence-electron chi connectivity index (χ3n) is 1.33. The van der Waals surface area contributed by atoms with Gasteiger partial charge in [0.25, 0.3) is 0 Å². The first-order chi connectivity index (χ1) is 4.74. The van der Waals surface area contributed by atoms with E-state index in [0.29, 0.717) is 6.54 Å². The molecule has 10 heavy (non-hydrogen) atoms. The Morgan fingerprint density at radius 3 is 2.70 bits per heavy atom. The first-order valence-corrected chi connectivity index (χ1v) is 3.92. The summed E-state index contributed by atoms with van der Waals surface area (Å²) in [6.45, 7) is 4.73. The van der Waals surface area contributed by atoms with Gasteiger partial charge >= 0.3 is 0 Å². The fourth-order valence-corrected chi connectivity index (χ4v) is 1.59. The molecule has 4 heteroatoms. The lowest BCUT2D eigenvalue weighted by atomic mass is 10.4. The topological polar surface area (TPSA) is 50.9 Å². The molecule has 0 amide bonds. The van der Waals surface area contributed by atoms with Crippen LogP contribution in [0.5, 0.6) is 0 Å². The van der Waals surface area contributed by atoms with Crippen molar-refractivity contribution in [3.05, 3.63) is 15.6 Å². The third kappa shape index (κ3) is 1.53. The fraction of sp³-hybridized carbons (Fsp3) is 0.500. The van der Waals surface area contributed by atoms with Crippen molar-refractivity contribution in [1.82, 2.24) is 10.4 Å². The minimum atomic E-state index is 0.666. The highest BCUT2D eigenvalue weighted by Crippen LogP contribution is 2.15. The van der Waals surface area contributed by atoms with Crippen molar-refractivity contribution in [2.24, 2.45) is 5.84 Å². The molecule has 0 saturated heterocycles. The Balaban J connectivity index is 2.77. The van der Waals surface area contributed by atoms with Crippen molar-refractivity contribution >= 4 is 11.3 Å². The summed E-state index contributed by atoms with van der Waals surface area (Å²) in [7, 11) is 0. The molecular formula is C6H11N3S. The van der Waals surface area contributed by atoms with Crippen molar-refractivity contribution in [3.8, 4) is 0 Å². The first-order valence-electron chi connectivity index (χ1n) is 3.10. The van der Waals surface area contributed by atoms with Gasteiger partial charge in [-0.3, -0.25) is 11.3 Å². The molecule has 1 aromatic rings. The molecule has 3 nitrogen and oxygen atoms in total. The first kappa shape index (κ1) is 7.65. The summed E-state index contributed by atoms with van der Waals surface area (Å²) in [4.78, 5) is 5.54. The Kier molecular flexibility index (Phi) is 2.37. The molecule has 0 atom stereocenters. The smallest absolute Gasteiger partial charge is 0.108 e.